The molecule has 3 heterocycles. The lowest BCUT2D eigenvalue weighted by Crippen LogP contribution is -2.22. The Bertz CT molecular complexity index is 1310. The van der Waals surface area contributed by atoms with Crippen molar-refractivity contribution in [1.82, 2.24) is 19.9 Å². The fourth-order valence-corrected chi connectivity index (χ4v) is 2.99. The van der Waals surface area contributed by atoms with Crippen LogP contribution in [0.15, 0.2) is 60.9 Å². The van der Waals surface area contributed by atoms with Crippen LogP contribution in [0.1, 0.15) is 11.3 Å². The second-order valence-corrected chi connectivity index (χ2v) is 6.69. The Kier molecular flexibility index (Phi) is 5.98. The Labute approximate surface area is 184 Å². The number of urea groups is 1. The van der Waals surface area contributed by atoms with E-state index in [0.717, 1.165) is 6.20 Å². The van der Waals surface area contributed by atoms with Gasteiger partial charge in [-0.15, -0.1) is 0 Å². The fourth-order valence-electron chi connectivity index (χ4n) is 2.99. The summed E-state index contributed by atoms with van der Waals surface area (Å²) >= 11 is 0. The van der Waals surface area contributed by atoms with Crippen LogP contribution >= 0.6 is 0 Å². The summed E-state index contributed by atoms with van der Waals surface area (Å²) in [5.74, 6) is -0.668. The first-order valence-corrected chi connectivity index (χ1v) is 9.51. The number of nitrogens with one attached hydrogen (secondary N) is 3. The number of anilines is 3. The van der Waals surface area contributed by atoms with E-state index in [9.17, 15) is 22.4 Å². The standard InChI is InChI=1S/C21H15F4N7O/c22-14-7-1-2-8-15(14)29-20(33)32-19-30-17-13(6-4-10-27-17)18(31-19)28-11-12-5-3-9-26-16(12)21(23,24)25/h1-10H,11H2,(H3,27,28,29,30,31,32,33). The maximum Gasteiger partial charge on any atom is 0.433 e. The Morgan fingerprint density at radius 1 is 0.909 bits per heavy atom. The number of para-hydroxylation sites is 1. The quantitative estimate of drug-likeness (QED) is 0.371. The van der Waals surface area contributed by atoms with E-state index in [1.165, 1.54) is 36.5 Å². The molecule has 0 saturated heterocycles. The lowest BCUT2D eigenvalue weighted by atomic mass is 10.2. The van der Waals surface area contributed by atoms with Crippen LogP contribution in [0.3, 0.4) is 0 Å². The number of nitrogens with zero attached hydrogens (tertiary/aromatic N) is 4. The van der Waals surface area contributed by atoms with Crippen molar-refractivity contribution in [2.75, 3.05) is 16.0 Å². The number of hydrogen-bond acceptors (Lipinski definition) is 6. The third kappa shape index (κ3) is 5.11. The number of halogens is 4. The fraction of sp³-hybridized carbons (Fsp3) is 0.0952. The monoisotopic (exact) mass is 457 g/mol. The molecular weight excluding hydrogens is 442 g/mol. The van der Waals surface area contributed by atoms with Gasteiger partial charge in [0.25, 0.3) is 0 Å². The predicted octanol–water partition coefficient (Wildman–Crippen LogP) is 4.83. The smallest absolute Gasteiger partial charge is 0.365 e. The molecule has 0 spiro atoms. The molecule has 4 rings (SSSR count). The normalized spacial score (nSPS) is 11.3. The first-order chi connectivity index (χ1) is 15.8. The molecule has 3 N–H and O–H groups in total. The third-order valence-electron chi connectivity index (χ3n) is 4.42. The summed E-state index contributed by atoms with van der Waals surface area (Å²) in [6, 6.07) is 10.7. The van der Waals surface area contributed by atoms with Crippen molar-refractivity contribution < 1.29 is 22.4 Å². The highest BCUT2D eigenvalue weighted by Gasteiger charge is 2.34. The van der Waals surface area contributed by atoms with Gasteiger partial charge in [0.15, 0.2) is 5.65 Å². The van der Waals surface area contributed by atoms with Crippen molar-refractivity contribution in [3.63, 3.8) is 0 Å². The molecule has 0 aliphatic rings. The number of benzene rings is 1. The predicted molar refractivity (Wildman–Crippen MR) is 113 cm³/mol. The number of amides is 2. The summed E-state index contributed by atoms with van der Waals surface area (Å²) in [6.07, 6.45) is -2.09. The van der Waals surface area contributed by atoms with Gasteiger partial charge >= 0.3 is 12.2 Å². The molecular formula is C21H15F4N7O. The van der Waals surface area contributed by atoms with Crippen LogP contribution in [0.5, 0.6) is 0 Å². The highest BCUT2D eigenvalue weighted by Crippen LogP contribution is 2.30. The van der Waals surface area contributed by atoms with E-state index in [2.05, 4.69) is 35.9 Å². The second kappa shape index (κ2) is 9.02. The van der Waals surface area contributed by atoms with Crippen LogP contribution in [-0.2, 0) is 12.7 Å². The molecule has 12 heteroatoms. The van der Waals surface area contributed by atoms with E-state index < -0.39 is 23.7 Å². The number of carbonyl (C=O) groups excluding carboxylic acids is 1. The van der Waals surface area contributed by atoms with Crippen LogP contribution < -0.4 is 16.0 Å². The van der Waals surface area contributed by atoms with Crippen LogP contribution in [0.25, 0.3) is 11.0 Å². The number of fused-ring (bicyclic) bond motifs is 1. The van der Waals surface area contributed by atoms with Crippen molar-refractivity contribution in [3.8, 4) is 0 Å². The minimum absolute atomic E-state index is 0.0523. The zero-order valence-corrected chi connectivity index (χ0v) is 16.7. The van der Waals surface area contributed by atoms with E-state index in [4.69, 9.17) is 0 Å². The molecule has 0 aliphatic heterocycles. The summed E-state index contributed by atoms with van der Waals surface area (Å²) in [6.45, 7) is -0.245. The van der Waals surface area contributed by atoms with Gasteiger partial charge in [-0.25, -0.2) is 14.2 Å². The SMILES string of the molecule is O=C(Nc1nc(NCc2cccnc2C(F)(F)F)c2cccnc2n1)Nc1ccccc1F. The molecule has 0 radical (unpaired) electrons. The van der Waals surface area contributed by atoms with E-state index in [1.807, 2.05) is 0 Å². The Hall–Kier alpha value is -4.35. The first-order valence-electron chi connectivity index (χ1n) is 9.51. The largest absolute Gasteiger partial charge is 0.433 e. The maximum absolute atomic E-state index is 13.8. The van der Waals surface area contributed by atoms with Crippen molar-refractivity contribution in [3.05, 3.63) is 78.0 Å². The molecule has 168 valence electrons. The number of pyridine rings is 2. The van der Waals surface area contributed by atoms with Gasteiger partial charge in [-0.1, -0.05) is 18.2 Å². The summed E-state index contributed by atoms with van der Waals surface area (Å²) in [4.78, 5) is 28.1. The van der Waals surface area contributed by atoms with Crippen LogP contribution in [-0.4, -0.2) is 26.0 Å². The number of rotatable bonds is 5. The van der Waals surface area contributed by atoms with Crippen molar-refractivity contribution in [2.45, 2.75) is 12.7 Å². The van der Waals surface area contributed by atoms with Crippen molar-refractivity contribution in [2.24, 2.45) is 0 Å². The van der Waals surface area contributed by atoms with E-state index in [1.54, 1.807) is 18.2 Å². The van der Waals surface area contributed by atoms with Crippen molar-refractivity contribution >= 4 is 34.5 Å². The molecule has 0 atom stereocenters. The molecule has 0 unspecified atom stereocenters. The topological polar surface area (TPSA) is 105 Å². The molecule has 33 heavy (non-hydrogen) atoms. The minimum atomic E-state index is -4.62. The van der Waals surface area contributed by atoms with Gasteiger partial charge in [-0.2, -0.15) is 23.1 Å². The maximum atomic E-state index is 13.8. The number of carbonyl (C=O) groups is 1. The third-order valence-corrected chi connectivity index (χ3v) is 4.42. The molecule has 2 amide bonds. The van der Waals surface area contributed by atoms with E-state index in [-0.39, 0.29) is 35.2 Å². The molecule has 3 aromatic heterocycles. The van der Waals surface area contributed by atoms with Crippen molar-refractivity contribution in [1.29, 1.82) is 0 Å². The van der Waals surface area contributed by atoms with Gasteiger partial charge in [0.1, 0.15) is 17.3 Å². The zero-order valence-electron chi connectivity index (χ0n) is 16.7. The highest BCUT2D eigenvalue weighted by molar-refractivity contribution is 5.99. The highest BCUT2D eigenvalue weighted by atomic mass is 19.4. The summed E-state index contributed by atoms with van der Waals surface area (Å²) in [7, 11) is 0. The van der Waals surface area contributed by atoms with Gasteiger partial charge in [0, 0.05) is 24.5 Å². The Balaban J connectivity index is 1.59. The minimum Gasteiger partial charge on any atom is -0.365 e. The van der Waals surface area contributed by atoms with Gasteiger partial charge < -0.3 is 10.6 Å². The van der Waals surface area contributed by atoms with Gasteiger partial charge in [0.2, 0.25) is 5.95 Å². The molecule has 1 aromatic carbocycles. The lowest BCUT2D eigenvalue weighted by Gasteiger charge is -2.14. The molecule has 8 nitrogen and oxygen atoms in total. The van der Waals surface area contributed by atoms with Crippen LogP contribution in [0.4, 0.5) is 39.8 Å². The summed E-state index contributed by atoms with van der Waals surface area (Å²) in [5.41, 5.74) is -0.967. The van der Waals surface area contributed by atoms with Crippen LogP contribution in [0.2, 0.25) is 0 Å². The first kappa shape index (κ1) is 21.9. The summed E-state index contributed by atoms with van der Waals surface area (Å²) in [5, 5.41) is 7.95. The lowest BCUT2D eigenvalue weighted by molar-refractivity contribution is -0.141. The molecule has 4 aromatic rings. The average Bonchev–Trinajstić information content (AvgIpc) is 2.78. The molecule has 0 aliphatic carbocycles. The van der Waals surface area contributed by atoms with Gasteiger partial charge in [0.05, 0.1) is 11.1 Å². The zero-order chi connectivity index (χ0) is 23.4. The number of aromatic nitrogens is 4. The molecule has 0 saturated carbocycles. The van der Waals surface area contributed by atoms with Crippen LogP contribution in [0, 0.1) is 5.82 Å². The van der Waals surface area contributed by atoms with E-state index in [0.29, 0.717) is 5.39 Å². The number of hydrogen-bond donors (Lipinski definition) is 3. The van der Waals surface area contributed by atoms with E-state index >= 15 is 0 Å². The Morgan fingerprint density at radius 3 is 2.45 bits per heavy atom. The molecule has 0 bridgehead atoms. The van der Waals surface area contributed by atoms with Gasteiger partial charge in [-0.05, 0) is 30.3 Å². The summed E-state index contributed by atoms with van der Waals surface area (Å²) < 4.78 is 53.5. The number of alkyl halides is 3. The average molecular weight is 457 g/mol. The Morgan fingerprint density at radius 2 is 1.67 bits per heavy atom. The van der Waals surface area contributed by atoms with Gasteiger partial charge in [-0.3, -0.25) is 10.3 Å². The molecule has 0 fully saturated rings. The second-order valence-electron chi connectivity index (χ2n) is 6.69.